The molecule has 2 heterocycles. The van der Waals surface area contributed by atoms with E-state index in [1.807, 2.05) is 30.3 Å². The van der Waals surface area contributed by atoms with Gasteiger partial charge in [0.15, 0.2) is 11.5 Å². The molecule has 2 aromatic carbocycles. The molecule has 0 saturated carbocycles. The molecule has 0 bridgehead atoms. The number of rotatable bonds is 6. The van der Waals surface area contributed by atoms with Crippen LogP contribution < -0.4 is 19.5 Å². The molecule has 0 aliphatic carbocycles. The highest BCUT2D eigenvalue weighted by atomic mass is 16.6. The number of carbonyl (C=O) groups excluding carboxylic acids is 1. The number of para-hydroxylation sites is 1. The average molecular weight is 382 g/mol. The molecular formula is C22H26N2O4. The molecule has 1 N–H and O–H groups in total. The molecule has 28 heavy (non-hydrogen) atoms. The minimum Gasteiger partial charge on any atom is -0.496 e. The normalized spacial score (nSPS) is 18.7. The summed E-state index contributed by atoms with van der Waals surface area (Å²) in [5.41, 5.74) is 2.16. The Morgan fingerprint density at radius 2 is 2.00 bits per heavy atom. The van der Waals surface area contributed by atoms with Gasteiger partial charge in [-0.25, -0.2) is 0 Å². The third-order valence-corrected chi connectivity index (χ3v) is 5.33. The Morgan fingerprint density at radius 1 is 1.18 bits per heavy atom. The zero-order valence-electron chi connectivity index (χ0n) is 16.1. The van der Waals surface area contributed by atoms with E-state index in [1.54, 1.807) is 7.11 Å². The zero-order chi connectivity index (χ0) is 19.3. The highest BCUT2D eigenvalue weighted by Crippen LogP contribution is 2.37. The number of hydrogen-bond donors (Lipinski definition) is 1. The maximum atomic E-state index is 12.5. The Kier molecular flexibility index (Phi) is 5.67. The third-order valence-electron chi connectivity index (χ3n) is 5.33. The van der Waals surface area contributed by atoms with Gasteiger partial charge in [-0.15, -0.1) is 0 Å². The average Bonchev–Trinajstić information content (AvgIpc) is 3.20. The minimum absolute atomic E-state index is 0.0235. The van der Waals surface area contributed by atoms with E-state index in [0.717, 1.165) is 42.2 Å². The van der Waals surface area contributed by atoms with Crippen LogP contribution in [0.4, 0.5) is 0 Å². The second kappa shape index (κ2) is 8.52. The first-order valence-electron chi connectivity index (χ1n) is 9.77. The molecule has 1 amide bonds. The van der Waals surface area contributed by atoms with E-state index < -0.39 is 0 Å². The van der Waals surface area contributed by atoms with E-state index in [4.69, 9.17) is 14.2 Å². The first-order valence-corrected chi connectivity index (χ1v) is 9.77. The topological polar surface area (TPSA) is 60.0 Å². The van der Waals surface area contributed by atoms with Gasteiger partial charge in [0, 0.05) is 18.2 Å². The predicted molar refractivity (Wildman–Crippen MR) is 106 cm³/mol. The molecule has 148 valence electrons. The first-order chi connectivity index (χ1) is 13.7. The number of methoxy groups -OCH3 is 1. The van der Waals surface area contributed by atoms with Gasteiger partial charge in [-0.1, -0.05) is 24.3 Å². The Balaban J connectivity index is 1.38. The molecule has 1 fully saturated rings. The highest BCUT2D eigenvalue weighted by Gasteiger charge is 2.28. The standard InChI is InChI=1S/C22H26N2O4/c1-26-19-7-3-2-5-17(19)14-23-22(25)15-24-10-4-6-18(24)16-8-9-20-21(13-16)28-12-11-27-20/h2-3,5,7-9,13,18H,4,6,10-12,14-15H2,1H3,(H,23,25)/t18-/m0/s1. The Bertz CT molecular complexity index is 839. The van der Waals surface area contributed by atoms with Crippen molar-refractivity contribution in [3.63, 3.8) is 0 Å². The van der Waals surface area contributed by atoms with Crippen LogP contribution in [0, 0.1) is 0 Å². The number of likely N-dealkylation sites (tertiary alicyclic amines) is 1. The molecule has 1 atom stereocenters. The SMILES string of the molecule is COc1ccccc1CNC(=O)CN1CCC[C@H]1c1ccc2c(c1)OCCO2. The lowest BCUT2D eigenvalue weighted by Crippen LogP contribution is -2.36. The van der Waals surface area contributed by atoms with E-state index in [2.05, 4.69) is 22.3 Å². The lowest BCUT2D eigenvalue weighted by Gasteiger charge is -2.26. The van der Waals surface area contributed by atoms with Crippen molar-refractivity contribution in [3.8, 4) is 17.2 Å². The fourth-order valence-corrected chi connectivity index (χ4v) is 3.94. The van der Waals surface area contributed by atoms with Crippen LogP contribution in [0.5, 0.6) is 17.2 Å². The minimum atomic E-state index is 0.0235. The van der Waals surface area contributed by atoms with Crippen molar-refractivity contribution in [2.45, 2.75) is 25.4 Å². The van der Waals surface area contributed by atoms with E-state index in [1.165, 1.54) is 5.56 Å². The summed E-state index contributed by atoms with van der Waals surface area (Å²) in [4.78, 5) is 14.8. The van der Waals surface area contributed by atoms with Crippen molar-refractivity contribution >= 4 is 5.91 Å². The number of fused-ring (bicyclic) bond motifs is 1. The summed E-state index contributed by atoms with van der Waals surface area (Å²) in [6, 6.07) is 14.1. The van der Waals surface area contributed by atoms with Gasteiger partial charge in [-0.2, -0.15) is 0 Å². The van der Waals surface area contributed by atoms with Gasteiger partial charge in [0.25, 0.3) is 0 Å². The molecule has 6 nitrogen and oxygen atoms in total. The molecule has 4 rings (SSSR count). The van der Waals surface area contributed by atoms with Gasteiger partial charge in [0.05, 0.1) is 13.7 Å². The summed E-state index contributed by atoms with van der Waals surface area (Å²) in [6.45, 7) is 2.94. The van der Waals surface area contributed by atoms with Crippen molar-refractivity contribution in [1.82, 2.24) is 10.2 Å². The summed E-state index contributed by atoms with van der Waals surface area (Å²) in [6.07, 6.45) is 2.12. The number of benzene rings is 2. The quantitative estimate of drug-likeness (QED) is 0.832. The lowest BCUT2D eigenvalue weighted by molar-refractivity contribution is -0.122. The largest absolute Gasteiger partial charge is 0.496 e. The van der Waals surface area contributed by atoms with E-state index in [9.17, 15) is 4.79 Å². The molecule has 2 aliphatic rings. The molecule has 1 saturated heterocycles. The highest BCUT2D eigenvalue weighted by molar-refractivity contribution is 5.78. The van der Waals surface area contributed by atoms with Gasteiger partial charge < -0.3 is 19.5 Å². The van der Waals surface area contributed by atoms with Crippen LogP contribution in [0.25, 0.3) is 0 Å². The van der Waals surface area contributed by atoms with Gasteiger partial charge in [0.1, 0.15) is 19.0 Å². The number of nitrogens with zero attached hydrogens (tertiary/aromatic N) is 1. The zero-order valence-corrected chi connectivity index (χ0v) is 16.1. The van der Waals surface area contributed by atoms with Crippen LogP contribution in [0.2, 0.25) is 0 Å². The van der Waals surface area contributed by atoms with Gasteiger partial charge in [0.2, 0.25) is 5.91 Å². The molecule has 2 aliphatic heterocycles. The number of ether oxygens (including phenoxy) is 3. The van der Waals surface area contributed by atoms with Crippen molar-refractivity contribution < 1.29 is 19.0 Å². The van der Waals surface area contributed by atoms with Crippen molar-refractivity contribution in [2.24, 2.45) is 0 Å². The molecule has 6 heteroatoms. The molecule has 0 aromatic heterocycles. The summed E-state index contributed by atoms with van der Waals surface area (Å²) < 4.78 is 16.7. The monoisotopic (exact) mass is 382 g/mol. The molecule has 0 radical (unpaired) electrons. The lowest BCUT2D eigenvalue weighted by atomic mass is 10.0. The molecule has 0 unspecified atom stereocenters. The smallest absolute Gasteiger partial charge is 0.234 e. The summed E-state index contributed by atoms with van der Waals surface area (Å²) in [5.74, 6) is 2.42. The molecule has 2 aromatic rings. The van der Waals surface area contributed by atoms with Crippen LogP contribution >= 0.6 is 0 Å². The maximum absolute atomic E-state index is 12.5. The summed E-state index contributed by atoms with van der Waals surface area (Å²) >= 11 is 0. The Labute approximate surface area is 165 Å². The molecule has 0 spiro atoms. The summed E-state index contributed by atoms with van der Waals surface area (Å²) in [5, 5.41) is 3.02. The fraction of sp³-hybridized carbons (Fsp3) is 0.409. The fourth-order valence-electron chi connectivity index (χ4n) is 3.94. The van der Waals surface area contributed by atoms with Crippen LogP contribution in [-0.4, -0.2) is 44.2 Å². The van der Waals surface area contributed by atoms with Gasteiger partial charge in [-0.05, 0) is 43.1 Å². The summed E-state index contributed by atoms with van der Waals surface area (Å²) in [7, 11) is 1.64. The van der Waals surface area contributed by atoms with E-state index in [0.29, 0.717) is 26.3 Å². The van der Waals surface area contributed by atoms with Gasteiger partial charge >= 0.3 is 0 Å². The number of nitrogens with one attached hydrogen (secondary N) is 1. The van der Waals surface area contributed by atoms with E-state index in [-0.39, 0.29) is 11.9 Å². The first kappa shape index (κ1) is 18.6. The van der Waals surface area contributed by atoms with Crippen molar-refractivity contribution in [3.05, 3.63) is 53.6 Å². The van der Waals surface area contributed by atoms with Crippen molar-refractivity contribution in [2.75, 3.05) is 33.4 Å². The van der Waals surface area contributed by atoms with Crippen molar-refractivity contribution in [1.29, 1.82) is 0 Å². The second-order valence-corrected chi connectivity index (χ2v) is 7.12. The van der Waals surface area contributed by atoms with Crippen LogP contribution in [-0.2, 0) is 11.3 Å². The van der Waals surface area contributed by atoms with Gasteiger partial charge in [-0.3, -0.25) is 9.69 Å². The van der Waals surface area contributed by atoms with Crippen LogP contribution in [0.3, 0.4) is 0 Å². The van der Waals surface area contributed by atoms with E-state index >= 15 is 0 Å². The molecular weight excluding hydrogens is 356 g/mol. The predicted octanol–water partition coefficient (Wildman–Crippen LogP) is 2.92. The Hall–Kier alpha value is -2.73. The van der Waals surface area contributed by atoms with Crippen LogP contribution in [0.1, 0.15) is 30.0 Å². The number of carbonyl (C=O) groups is 1. The number of hydrogen-bond acceptors (Lipinski definition) is 5. The Morgan fingerprint density at radius 3 is 2.86 bits per heavy atom. The third kappa shape index (κ3) is 4.07. The second-order valence-electron chi connectivity index (χ2n) is 7.12. The number of amides is 1. The van der Waals surface area contributed by atoms with Crippen LogP contribution in [0.15, 0.2) is 42.5 Å². The maximum Gasteiger partial charge on any atom is 0.234 e.